The van der Waals surface area contributed by atoms with Crippen LogP contribution in [0.4, 0.5) is 5.82 Å². The van der Waals surface area contributed by atoms with Gasteiger partial charge in [-0.3, -0.25) is 10.1 Å². The maximum Gasteiger partial charge on any atom is 0.160 e. The van der Waals surface area contributed by atoms with Gasteiger partial charge in [0.15, 0.2) is 5.65 Å². The summed E-state index contributed by atoms with van der Waals surface area (Å²) in [5.41, 5.74) is 1.59. The van der Waals surface area contributed by atoms with Crippen LogP contribution in [0.1, 0.15) is 6.92 Å². The van der Waals surface area contributed by atoms with E-state index in [1.165, 1.54) is 6.33 Å². The Bertz CT molecular complexity index is 556. The predicted molar refractivity (Wildman–Crippen MR) is 68.3 cm³/mol. The van der Waals surface area contributed by atoms with E-state index in [9.17, 15) is 0 Å². The smallest absolute Gasteiger partial charge is 0.160 e. The highest BCUT2D eigenvalue weighted by atomic mass is 15.2. The molecule has 0 aliphatic rings. The number of hydrogen-bond donors (Lipinski definition) is 2. The quantitative estimate of drug-likeness (QED) is 0.778. The average molecular weight is 230 g/mol. The molecule has 0 aliphatic carbocycles. The van der Waals surface area contributed by atoms with E-state index in [1.807, 2.05) is 6.92 Å². The third-order valence-electron chi connectivity index (χ3n) is 2.51. The Hall–Kier alpha value is -2.24. The molecule has 17 heavy (non-hydrogen) atoms. The molecule has 2 aromatic rings. The summed E-state index contributed by atoms with van der Waals surface area (Å²) < 4.78 is 0. The Morgan fingerprint density at radius 2 is 2.41 bits per heavy atom. The van der Waals surface area contributed by atoms with Crippen molar-refractivity contribution in [3.8, 4) is 0 Å². The summed E-state index contributed by atoms with van der Waals surface area (Å²) >= 11 is 0. The van der Waals surface area contributed by atoms with Gasteiger partial charge in [-0.15, -0.1) is 0 Å². The molecule has 0 radical (unpaired) electrons. The van der Waals surface area contributed by atoms with Gasteiger partial charge in [0.05, 0.1) is 23.3 Å². The molecular formula is C11H14N6. The van der Waals surface area contributed by atoms with Gasteiger partial charge >= 0.3 is 0 Å². The molecule has 88 valence electrons. The lowest BCUT2D eigenvalue weighted by atomic mass is 10.2. The molecule has 2 N–H and O–H groups in total. The number of hydrogen-bond acceptors (Lipinski definition) is 5. The van der Waals surface area contributed by atoms with Gasteiger partial charge in [-0.2, -0.15) is 5.10 Å². The zero-order valence-electron chi connectivity index (χ0n) is 9.81. The Labute approximate surface area is 98.9 Å². The topological polar surface area (TPSA) is 78.9 Å². The average Bonchev–Trinajstić information content (AvgIpc) is 2.80. The molecule has 0 fully saturated rings. The van der Waals surface area contributed by atoms with Crippen molar-refractivity contribution in [2.45, 2.75) is 13.0 Å². The molecule has 0 bridgehead atoms. The monoisotopic (exact) mass is 230 g/mol. The first kappa shape index (κ1) is 11.3. The molecule has 0 aliphatic heterocycles. The number of aliphatic imine (C=N–C) groups is 1. The van der Waals surface area contributed by atoms with Crippen molar-refractivity contribution < 1.29 is 0 Å². The van der Waals surface area contributed by atoms with Crippen LogP contribution in [0.25, 0.3) is 11.0 Å². The summed E-state index contributed by atoms with van der Waals surface area (Å²) in [7, 11) is 1.74. The summed E-state index contributed by atoms with van der Waals surface area (Å²) in [5, 5.41) is 10.9. The molecule has 2 aromatic heterocycles. The highest BCUT2D eigenvalue weighted by Gasteiger charge is 2.10. The minimum Gasteiger partial charge on any atom is -0.361 e. The Morgan fingerprint density at radius 1 is 1.59 bits per heavy atom. The second kappa shape index (κ2) is 4.73. The number of rotatable bonds is 4. The fourth-order valence-electron chi connectivity index (χ4n) is 1.62. The second-order valence-electron chi connectivity index (χ2n) is 3.57. The van der Waals surface area contributed by atoms with Gasteiger partial charge in [0.2, 0.25) is 0 Å². The first-order chi connectivity index (χ1) is 8.26. The SMILES string of the molecule is C=CC(=NC)C(C)Nc1ncnc2[nH]ncc12. The summed E-state index contributed by atoms with van der Waals surface area (Å²) in [6, 6.07) is 0.0329. The van der Waals surface area contributed by atoms with E-state index in [2.05, 4.69) is 37.1 Å². The molecule has 2 heterocycles. The lowest BCUT2D eigenvalue weighted by molar-refractivity contribution is 1.02. The van der Waals surface area contributed by atoms with Gasteiger partial charge in [0.25, 0.3) is 0 Å². The summed E-state index contributed by atoms with van der Waals surface area (Å²) in [6.07, 6.45) is 4.92. The van der Waals surface area contributed by atoms with E-state index in [-0.39, 0.29) is 6.04 Å². The Kier molecular flexibility index (Phi) is 3.13. The van der Waals surface area contributed by atoms with E-state index in [1.54, 1.807) is 19.3 Å². The summed E-state index contributed by atoms with van der Waals surface area (Å²) in [6.45, 7) is 5.72. The molecule has 2 rings (SSSR count). The minimum atomic E-state index is 0.0329. The van der Waals surface area contributed by atoms with E-state index in [0.717, 1.165) is 16.9 Å². The third-order valence-corrected chi connectivity index (χ3v) is 2.51. The lowest BCUT2D eigenvalue weighted by Crippen LogP contribution is -2.25. The third kappa shape index (κ3) is 2.15. The lowest BCUT2D eigenvalue weighted by Gasteiger charge is -2.14. The van der Waals surface area contributed by atoms with E-state index in [0.29, 0.717) is 5.65 Å². The molecule has 6 heteroatoms. The minimum absolute atomic E-state index is 0.0329. The van der Waals surface area contributed by atoms with Crippen LogP contribution in [0.15, 0.2) is 30.2 Å². The molecule has 1 unspecified atom stereocenters. The zero-order chi connectivity index (χ0) is 12.3. The Morgan fingerprint density at radius 3 is 3.12 bits per heavy atom. The van der Waals surface area contributed by atoms with Crippen LogP contribution in [-0.2, 0) is 0 Å². The second-order valence-corrected chi connectivity index (χ2v) is 3.57. The maximum absolute atomic E-state index is 4.20. The molecule has 0 amide bonds. The zero-order valence-corrected chi connectivity index (χ0v) is 9.81. The van der Waals surface area contributed by atoms with E-state index < -0.39 is 0 Å². The van der Waals surface area contributed by atoms with Crippen LogP contribution >= 0.6 is 0 Å². The van der Waals surface area contributed by atoms with Crippen molar-refractivity contribution in [1.29, 1.82) is 0 Å². The van der Waals surface area contributed by atoms with Crippen molar-refractivity contribution >= 4 is 22.6 Å². The first-order valence-corrected chi connectivity index (χ1v) is 5.26. The van der Waals surface area contributed by atoms with E-state index >= 15 is 0 Å². The normalized spacial score (nSPS) is 13.6. The van der Waals surface area contributed by atoms with Crippen LogP contribution in [0.3, 0.4) is 0 Å². The molecule has 0 saturated carbocycles. The number of H-pyrrole nitrogens is 1. The Balaban J connectivity index is 2.29. The van der Waals surface area contributed by atoms with Crippen LogP contribution in [0.5, 0.6) is 0 Å². The molecule has 6 nitrogen and oxygen atoms in total. The van der Waals surface area contributed by atoms with Crippen molar-refractivity contribution in [3.63, 3.8) is 0 Å². The number of aromatic amines is 1. The number of nitrogens with one attached hydrogen (secondary N) is 2. The van der Waals surface area contributed by atoms with Gasteiger partial charge in [-0.05, 0) is 13.0 Å². The molecule has 0 spiro atoms. The largest absolute Gasteiger partial charge is 0.361 e. The van der Waals surface area contributed by atoms with Gasteiger partial charge in [0, 0.05) is 7.05 Å². The van der Waals surface area contributed by atoms with Gasteiger partial charge in [0.1, 0.15) is 12.1 Å². The number of fused-ring (bicyclic) bond motifs is 1. The fourth-order valence-corrected chi connectivity index (χ4v) is 1.62. The van der Waals surface area contributed by atoms with Crippen LogP contribution in [0.2, 0.25) is 0 Å². The number of nitrogens with zero attached hydrogens (tertiary/aromatic N) is 4. The first-order valence-electron chi connectivity index (χ1n) is 5.26. The summed E-state index contributed by atoms with van der Waals surface area (Å²) in [4.78, 5) is 12.4. The standard InChI is InChI=1S/C11H14N6/c1-4-9(12-3)7(2)16-10-8-5-15-17-11(8)14-6-13-10/h4-7H,1H2,2-3H3,(H2,13,14,15,16,17). The van der Waals surface area contributed by atoms with Crippen molar-refractivity contribution in [2.24, 2.45) is 4.99 Å². The van der Waals surface area contributed by atoms with Gasteiger partial charge < -0.3 is 5.32 Å². The number of anilines is 1. The summed E-state index contributed by atoms with van der Waals surface area (Å²) in [5.74, 6) is 0.735. The highest BCUT2D eigenvalue weighted by Crippen LogP contribution is 2.17. The molecule has 1 atom stereocenters. The van der Waals surface area contributed by atoms with Crippen LogP contribution in [-0.4, -0.2) is 39.0 Å². The van der Waals surface area contributed by atoms with Crippen molar-refractivity contribution in [1.82, 2.24) is 20.2 Å². The fraction of sp³-hybridized carbons (Fsp3) is 0.273. The molecule has 0 aromatic carbocycles. The molecule has 0 saturated heterocycles. The van der Waals surface area contributed by atoms with Crippen LogP contribution in [0, 0.1) is 0 Å². The maximum atomic E-state index is 4.20. The molecular weight excluding hydrogens is 216 g/mol. The van der Waals surface area contributed by atoms with E-state index in [4.69, 9.17) is 0 Å². The predicted octanol–water partition coefficient (Wildman–Crippen LogP) is 1.41. The van der Waals surface area contributed by atoms with Crippen molar-refractivity contribution in [2.75, 3.05) is 12.4 Å². The highest BCUT2D eigenvalue weighted by molar-refractivity contribution is 6.01. The number of aromatic nitrogens is 4. The van der Waals surface area contributed by atoms with Crippen molar-refractivity contribution in [3.05, 3.63) is 25.2 Å². The van der Waals surface area contributed by atoms with Gasteiger partial charge in [-0.25, -0.2) is 9.97 Å². The van der Waals surface area contributed by atoms with Crippen LogP contribution < -0.4 is 5.32 Å². The van der Waals surface area contributed by atoms with Gasteiger partial charge in [-0.1, -0.05) is 6.58 Å².